The Morgan fingerprint density at radius 2 is 1.46 bits per heavy atom. The lowest BCUT2D eigenvalue weighted by atomic mass is 10.1. The van der Waals surface area contributed by atoms with Crippen LogP contribution in [0.15, 0.2) is 85.2 Å². The molecule has 8 nitrogen and oxygen atoms in total. The highest BCUT2D eigenvalue weighted by Gasteiger charge is 2.42. The number of imide groups is 1. The van der Waals surface area contributed by atoms with E-state index >= 15 is 0 Å². The molecule has 1 aliphatic heterocycles. The van der Waals surface area contributed by atoms with Crippen LogP contribution in [0.25, 0.3) is 11.3 Å². The summed E-state index contributed by atoms with van der Waals surface area (Å²) in [6.07, 6.45) is 1.51. The quantitative estimate of drug-likeness (QED) is 0.356. The van der Waals surface area contributed by atoms with E-state index in [-0.39, 0.29) is 17.4 Å². The van der Waals surface area contributed by atoms with Gasteiger partial charge in [0.15, 0.2) is 0 Å². The number of anilines is 3. The highest BCUT2D eigenvalue weighted by molar-refractivity contribution is 6.22. The van der Waals surface area contributed by atoms with E-state index in [4.69, 9.17) is 0 Å². The first-order chi connectivity index (χ1) is 17.7. The molecule has 3 amide bonds. The fourth-order valence-corrected chi connectivity index (χ4v) is 4.17. The SMILES string of the molecule is CC(C)(C)N1C(=O)c2ccc(C(=O)Nc3ccc(Nc4cc(-c5ccccc5)ncn4)cc3)cc2C1=O. The second-order valence-corrected chi connectivity index (χ2v) is 9.69. The summed E-state index contributed by atoms with van der Waals surface area (Å²) in [6, 6.07) is 23.5. The summed E-state index contributed by atoms with van der Waals surface area (Å²) in [5.41, 5.74) is 3.38. The van der Waals surface area contributed by atoms with E-state index in [0.29, 0.717) is 22.6 Å². The summed E-state index contributed by atoms with van der Waals surface area (Å²) < 4.78 is 0. The second-order valence-electron chi connectivity index (χ2n) is 9.69. The van der Waals surface area contributed by atoms with Gasteiger partial charge in [-0.1, -0.05) is 30.3 Å². The highest BCUT2D eigenvalue weighted by atomic mass is 16.2. The number of benzene rings is 3. The molecule has 0 atom stereocenters. The Morgan fingerprint density at radius 1 is 0.784 bits per heavy atom. The molecule has 5 rings (SSSR count). The molecular formula is C29H25N5O3. The largest absolute Gasteiger partial charge is 0.340 e. The summed E-state index contributed by atoms with van der Waals surface area (Å²) >= 11 is 0. The van der Waals surface area contributed by atoms with Gasteiger partial charge in [-0.2, -0.15) is 0 Å². The van der Waals surface area contributed by atoms with Crippen LogP contribution in [0.1, 0.15) is 51.8 Å². The molecule has 4 aromatic rings. The van der Waals surface area contributed by atoms with Crippen LogP contribution in [0.4, 0.5) is 17.2 Å². The summed E-state index contributed by atoms with van der Waals surface area (Å²) in [5.74, 6) is -0.464. The lowest BCUT2D eigenvalue weighted by molar-refractivity contribution is 0.0507. The first-order valence-electron chi connectivity index (χ1n) is 11.8. The highest BCUT2D eigenvalue weighted by Crippen LogP contribution is 2.30. The minimum absolute atomic E-state index is 0.242. The maximum Gasteiger partial charge on any atom is 0.262 e. The summed E-state index contributed by atoms with van der Waals surface area (Å²) in [5, 5.41) is 6.08. The molecule has 1 aliphatic rings. The van der Waals surface area contributed by atoms with Crippen LogP contribution in [0.2, 0.25) is 0 Å². The molecule has 0 unspecified atom stereocenters. The fourth-order valence-electron chi connectivity index (χ4n) is 4.17. The van der Waals surface area contributed by atoms with Crippen molar-refractivity contribution in [1.29, 1.82) is 0 Å². The van der Waals surface area contributed by atoms with Gasteiger partial charge >= 0.3 is 0 Å². The van der Waals surface area contributed by atoms with E-state index in [1.165, 1.54) is 23.4 Å². The van der Waals surface area contributed by atoms with Crippen LogP contribution in [-0.2, 0) is 0 Å². The molecule has 0 bridgehead atoms. The Labute approximate surface area is 214 Å². The third-order valence-electron chi connectivity index (χ3n) is 5.97. The van der Waals surface area contributed by atoms with Gasteiger partial charge in [0.2, 0.25) is 0 Å². The van der Waals surface area contributed by atoms with Crippen molar-refractivity contribution >= 4 is 34.9 Å². The molecule has 8 heteroatoms. The first-order valence-corrected chi connectivity index (χ1v) is 11.8. The third kappa shape index (κ3) is 4.81. The normalized spacial score (nSPS) is 12.9. The number of fused-ring (bicyclic) bond motifs is 1. The Bertz CT molecular complexity index is 1510. The van der Waals surface area contributed by atoms with Gasteiger partial charge in [-0.15, -0.1) is 0 Å². The number of nitrogens with zero attached hydrogens (tertiary/aromatic N) is 3. The molecule has 2 heterocycles. The Kier molecular flexibility index (Phi) is 6.01. The molecule has 0 aliphatic carbocycles. The van der Waals surface area contributed by atoms with E-state index in [2.05, 4.69) is 20.6 Å². The van der Waals surface area contributed by atoms with Crippen molar-refractivity contribution in [2.45, 2.75) is 26.3 Å². The lowest BCUT2D eigenvalue weighted by Crippen LogP contribution is -2.45. The van der Waals surface area contributed by atoms with Gasteiger partial charge in [-0.25, -0.2) is 9.97 Å². The van der Waals surface area contributed by atoms with Gasteiger partial charge < -0.3 is 10.6 Å². The Balaban J connectivity index is 1.27. The average molecular weight is 492 g/mol. The number of nitrogens with one attached hydrogen (secondary N) is 2. The molecule has 2 N–H and O–H groups in total. The minimum Gasteiger partial charge on any atom is -0.340 e. The maximum absolute atomic E-state index is 12.9. The van der Waals surface area contributed by atoms with Crippen LogP contribution in [0.5, 0.6) is 0 Å². The van der Waals surface area contributed by atoms with Crippen molar-refractivity contribution < 1.29 is 14.4 Å². The molecule has 0 saturated heterocycles. The number of carbonyl (C=O) groups excluding carboxylic acids is 3. The molecule has 0 fully saturated rings. The van der Waals surface area contributed by atoms with E-state index < -0.39 is 11.4 Å². The monoisotopic (exact) mass is 491 g/mol. The zero-order valence-corrected chi connectivity index (χ0v) is 20.6. The molecule has 0 saturated carbocycles. The van der Waals surface area contributed by atoms with Crippen molar-refractivity contribution in [1.82, 2.24) is 14.9 Å². The van der Waals surface area contributed by atoms with E-state index in [1.807, 2.05) is 48.5 Å². The van der Waals surface area contributed by atoms with Crippen molar-refractivity contribution in [3.63, 3.8) is 0 Å². The predicted molar refractivity (Wildman–Crippen MR) is 142 cm³/mol. The van der Waals surface area contributed by atoms with Crippen molar-refractivity contribution in [2.24, 2.45) is 0 Å². The number of hydrogen-bond acceptors (Lipinski definition) is 6. The number of amides is 3. The zero-order chi connectivity index (χ0) is 26.2. The van der Waals surface area contributed by atoms with E-state index in [9.17, 15) is 14.4 Å². The molecular weight excluding hydrogens is 466 g/mol. The van der Waals surface area contributed by atoms with Crippen LogP contribution >= 0.6 is 0 Å². The van der Waals surface area contributed by atoms with Crippen LogP contribution in [-0.4, -0.2) is 38.1 Å². The number of rotatable bonds is 5. The Morgan fingerprint density at radius 3 is 2.16 bits per heavy atom. The van der Waals surface area contributed by atoms with Crippen LogP contribution in [0.3, 0.4) is 0 Å². The van der Waals surface area contributed by atoms with Gasteiger partial charge in [-0.3, -0.25) is 19.3 Å². The van der Waals surface area contributed by atoms with Crippen molar-refractivity contribution in [3.05, 3.63) is 102 Å². The molecule has 0 radical (unpaired) electrons. The van der Waals surface area contributed by atoms with Gasteiger partial charge in [0.1, 0.15) is 12.1 Å². The third-order valence-corrected chi connectivity index (χ3v) is 5.97. The second kappa shape index (κ2) is 9.31. The average Bonchev–Trinajstić information content (AvgIpc) is 3.15. The number of carbonyl (C=O) groups is 3. The van der Waals surface area contributed by atoms with Crippen LogP contribution < -0.4 is 10.6 Å². The molecule has 3 aromatic carbocycles. The first kappa shape index (κ1) is 23.9. The Hall–Kier alpha value is -4.85. The summed E-state index contributed by atoms with van der Waals surface area (Å²) in [6.45, 7) is 5.40. The number of aromatic nitrogens is 2. The summed E-state index contributed by atoms with van der Waals surface area (Å²) in [7, 11) is 0. The number of hydrogen-bond donors (Lipinski definition) is 2. The van der Waals surface area contributed by atoms with Crippen molar-refractivity contribution in [2.75, 3.05) is 10.6 Å². The van der Waals surface area contributed by atoms with Crippen molar-refractivity contribution in [3.8, 4) is 11.3 Å². The van der Waals surface area contributed by atoms with E-state index in [1.54, 1.807) is 39.0 Å². The molecule has 0 spiro atoms. The van der Waals surface area contributed by atoms with Gasteiger partial charge in [0.25, 0.3) is 17.7 Å². The maximum atomic E-state index is 12.9. The zero-order valence-electron chi connectivity index (χ0n) is 20.6. The van der Waals surface area contributed by atoms with Gasteiger partial charge in [0, 0.05) is 34.1 Å². The minimum atomic E-state index is -0.652. The smallest absolute Gasteiger partial charge is 0.262 e. The lowest BCUT2D eigenvalue weighted by Gasteiger charge is -2.29. The topological polar surface area (TPSA) is 104 Å². The molecule has 184 valence electrons. The molecule has 37 heavy (non-hydrogen) atoms. The predicted octanol–water partition coefficient (Wildman–Crippen LogP) is 5.53. The molecule has 1 aromatic heterocycles. The van der Waals surface area contributed by atoms with Gasteiger partial charge in [0.05, 0.1) is 16.8 Å². The van der Waals surface area contributed by atoms with Crippen LogP contribution in [0, 0.1) is 0 Å². The van der Waals surface area contributed by atoms with Gasteiger partial charge in [-0.05, 0) is 63.2 Å². The van der Waals surface area contributed by atoms with E-state index in [0.717, 1.165) is 16.9 Å². The summed E-state index contributed by atoms with van der Waals surface area (Å²) in [4.78, 5) is 48.2. The standard InChI is InChI=1S/C29H25N5O3/c1-29(2,3)34-27(36)22-14-9-19(15-23(22)28(34)37)26(35)33-21-12-10-20(11-13-21)32-25-16-24(30-17-31-25)18-7-5-4-6-8-18/h4-17H,1-3H3,(H,33,35)(H,30,31,32). The fraction of sp³-hybridized carbons (Fsp3) is 0.138.